The first kappa shape index (κ1) is 17.3. The van der Waals surface area contributed by atoms with Crippen LogP contribution in [-0.4, -0.2) is 22.8 Å². The number of nitrogens with one attached hydrogen (secondary N) is 1. The summed E-state index contributed by atoms with van der Waals surface area (Å²) >= 11 is 5.89. The van der Waals surface area contributed by atoms with E-state index in [1.807, 2.05) is 5.32 Å². The Morgan fingerprint density at radius 1 is 1.08 bits per heavy atom. The summed E-state index contributed by atoms with van der Waals surface area (Å²) in [4.78, 5) is 47.8. The van der Waals surface area contributed by atoms with Crippen LogP contribution in [0.25, 0.3) is 6.08 Å². The number of carbonyl (C=O) groups is 3. The Balaban J connectivity index is 2.03. The topological polar surface area (TPSA) is 110 Å². The lowest BCUT2D eigenvalue weighted by atomic mass is 10.1. The number of non-ortho nitro benzene ring substituents is 1. The zero-order valence-corrected chi connectivity index (χ0v) is 13.8. The lowest BCUT2D eigenvalue weighted by Gasteiger charge is -2.26. The van der Waals surface area contributed by atoms with Crippen molar-refractivity contribution in [2.75, 3.05) is 4.90 Å². The number of amides is 4. The van der Waals surface area contributed by atoms with Crippen molar-refractivity contribution >= 4 is 46.9 Å². The number of urea groups is 1. The highest BCUT2D eigenvalue weighted by Gasteiger charge is 2.37. The van der Waals surface area contributed by atoms with E-state index in [9.17, 15) is 24.5 Å². The summed E-state index contributed by atoms with van der Waals surface area (Å²) in [5, 5.41) is 13.4. The molecule has 1 fully saturated rings. The molecular weight excluding hydrogens is 362 g/mol. The minimum absolute atomic E-state index is 0.0220. The number of hydrogen-bond acceptors (Lipinski definition) is 5. The molecule has 130 valence electrons. The van der Waals surface area contributed by atoms with Crippen molar-refractivity contribution in [1.82, 2.24) is 5.32 Å². The normalized spacial score (nSPS) is 16.0. The number of nitro groups is 1. The molecule has 0 saturated carbocycles. The zero-order valence-electron chi connectivity index (χ0n) is 13.0. The molecule has 2 aromatic carbocycles. The average Bonchev–Trinajstić information content (AvgIpc) is 2.59. The highest BCUT2D eigenvalue weighted by atomic mass is 35.5. The summed E-state index contributed by atoms with van der Waals surface area (Å²) in [6.45, 7) is 0. The molecule has 2 aromatic rings. The van der Waals surface area contributed by atoms with Gasteiger partial charge in [0.25, 0.3) is 17.5 Å². The third-order valence-electron chi connectivity index (χ3n) is 3.56. The number of rotatable bonds is 3. The Bertz CT molecular complexity index is 986. The molecule has 4 amide bonds. The van der Waals surface area contributed by atoms with E-state index in [1.165, 1.54) is 24.3 Å². The molecule has 0 bridgehead atoms. The van der Waals surface area contributed by atoms with Crippen molar-refractivity contribution in [3.63, 3.8) is 0 Å². The summed E-state index contributed by atoms with van der Waals surface area (Å²) in [7, 11) is 0. The number of carbonyl (C=O) groups excluding carboxylic acids is 3. The predicted octanol–water partition coefficient (Wildman–Crippen LogP) is 2.91. The van der Waals surface area contributed by atoms with Gasteiger partial charge >= 0.3 is 6.03 Å². The molecule has 1 aliphatic rings. The van der Waals surface area contributed by atoms with Crippen molar-refractivity contribution in [1.29, 1.82) is 0 Å². The Morgan fingerprint density at radius 2 is 1.81 bits per heavy atom. The van der Waals surface area contributed by atoms with E-state index in [2.05, 4.69) is 0 Å². The van der Waals surface area contributed by atoms with Crippen molar-refractivity contribution < 1.29 is 19.3 Å². The van der Waals surface area contributed by atoms with Crippen molar-refractivity contribution in [3.8, 4) is 0 Å². The molecule has 3 rings (SSSR count). The molecule has 0 aliphatic carbocycles. The third-order valence-corrected chi connectivity index (χ3v) is 3.80. The van der Waals surface area contributed by atoms with Gasteiger partial charge in [-0.15, -0.1) is 0 Å². The smallest absolute Gasteiger partial charge is 0.273 e. The van der Waals surface area contributed by atoms with Gasteiger partial charge in [-0.2, -0.15) is 0 Å². The van der Waals surface area contributed by atoms with Crippen LogP contribution in [0.1, 0.15) is 5.56 Å². The number of hydrogen-bond donors (Lipinski definition) is 1. The summed E-state index contributed by atoms with van der Waals surface area (Å²) in [5.41, 5.74) is -0.116. The van der Waals surface area contributed by atoms with Gasteiger partial charge in [-0.25, -0.2) is 9.69 Å². The third kappa shape index (κ3) is 3.31. The minimum atomic E-state index is -0.983. The van der Waals surface area contributed by atoms with E-state index in [-0.39, 0.29) is 16.9 Å². The number of nitrogens with zero attached hydrogens (tertiary/aromatic N) is 2. The first-order valence-electron chi connectivity index (χ1n) is 7.28. The van der Waals surface area contributed by atoms with Gasteiger partial charge in [-0.05, 0) is 29.8 Å². The van der Waals surface area contributed by atoms with E-state index in [1.54, 1.807) is 24.3 Å². The van der Waals surface area contributed by atoms with Crippen LogP contribution in [0.15, 0.2) is 54.1 Å². The van der Waals surface area contributed by atoms with Gasteiger partial charge in [0, 0.05) is 17.2 Å². The van der Waals surface area contributed by atoms with E-state index >= 15 is 0 Å². The minimum Gasteiger partial charge on any atom is -0.273 e. The first-order valence-corrected chi connectivity index (χ1v) is 7.66. The van der Waals surface area contributed by atoms with Gasteiger partial charge in [0.05, 0.1) is 10.6 Å². The van der Waals surface area contributed by atoms with E-state index in [0.29, 0.717) is 15.5 Å². The predicted molar refractivity (Wildman–Crippen MR) is 93.6 cm³/mol. The monoisotopic (exact) mass is 371 g/mol. The fourth-order valence-corrected chi connectivity index (χ4v) is 2.60. The van der Waals surface area contributed by atoms with Crippen LogP contribution in [0.2, 0.25) is 5.02 Å². The molecule has 0 aromatic heterocycles. The molecule has 26 heavy (non-hydrogen) atoms. The molecule has 0 atom stereocenters. The molecule has 1 N–H and O–H groups in total. The molecule has 0 spiro atoms. The van der Waals surface area contributed by atoms with Crippen LogP contribution in [0.3, 0.4) is 0 Å². The Hall–Kier alpha value is -3.52. The Labute approximate surface area is 151 Å². The van der Waals surface area contributed by atoms with E-state index in [4.69, 9.17) is 11.6 Å². The molecule has 0 unspecified atom stereocenters. The van der Waals surface area contributed by atoms with Gasteiger partial charge in [-0.1, -0.05) is 29.8 Å². The van der Waals surface area contributed by atoms with Crippen molar-refractivity contribution in [2.45, 2.75) is 0 Å². The average molecular weight is 372 g/mol. The summed E-state index contributed by atoms with van der Waals surface area (Å²) in [5.74, 6) is -1.75. The van der Waals surface area contributed by atoms with Crippen LogP contribution < -0.4 is 10.2 Å². The van der Waals surface area contributed by atoms with Crippen molar-refractivity contribution in [2.24, 2.45) is 0 Å². The second-order valence-electron chi connectivity index (χ2n) is 5.29. The SMILES string of the molecule is O=C1NC(=O)N(c2cccc([N+](=O)[O-])c2)C(=O)/C1=C/c1cccc(Cl)c1. The lowest BCUT2D eigenvalue weighted by Crippen LogP contribution is -2.54. The van der Waals surface area contributed by atoms with Gasteiger partial charge in [0.1, 0.15) is 5.57 Å². The summed E-state index contributed by atoms with van der Waals surface area (Å²) in [6.07, 6.45) is 1.29. The van der Waals surface area contributed by atoms with Crippen LogP contribution in [0.4, 0.5) is 16.2 Å². The molecular formula is C17H10ClN3O5. The fraction of sp³-hybridized carbons (Fsp3) is 0. The molecule has 9 heteroatoms. The first-order chi connectivity index (χ1) is 12.4. The maximum Gasteiger partial charge on any atom is 0.335 e. The Kier molecular flexibility index (Phi) is 4.51. The molecule has 1 heterocycles. The number of halogens is 1. The summed E-state index contributed by atoms with van der Waals surface area (Å²) in [6, 6.07) is 10.5. The lowest BCUT2D eigenvalue weighted by molar-refractivity contribution is -0.384. The zero-order chi connectivity index (χ0) is 18.8. The van der Waals surface area contributed by atoms with Crippen LogP contribution in [0, 0.1) is 10.1 Å². The second-order valence-corrected chi connectivity index (χ2v) is 5.73. The highest BCUT2D eigenvalue weighted by molar-refractivity contribution is 6.39. The van der Waals surface area contributed by atoms with Crippen LogP contribution in [0.5, 0.6) is 0 Å². The van der Waals surface area contributed by atoms with Gasteiger partial charge in [0.2, 0.25) is 0 Å². The molecule has 0 radical (unpaired) electrons. The standard InChI is InChI=1S/C17H10ClN3O5/c18-11-4-1-3-10(7-11)8-14-15(22)19-17(24)20(16(14)23)12-5-2-6-13(9-12)21(25)26/h1-9H,(H,19,22,24)/b14-8+. The quantitative estimate of drug-likeness (QED) is 0.386. The molecule has 1 aliphatic heterocycles. The van der Waals surface area contributed by atoms with Crippen molar-refractivity contribution in [3.05, 3.63) is 74.8 Å². The largest absolute Gasteiger partial charge is 0.335 e. The van der Waals surface area contributed by atoms with E-state index in [0.717, 1.165) is 6.07 Å². The number of imide groups is 2. The van der Waals surface area contributed by atoms with Crippen LogP contribution in [-0.2, 0) is 9.59 Å². The molecule has 8 nitrogen and oxygen atoms in total. The maximum absolute atomic E-state index is 12.7. The number of nitro benzene ring substituents is 1. The van der Waals surface area contributed by atoms with Crippen LogP contribution >= 0.6 is 11.6 Å². The highest BCUT2D eigenvalue weighted by Crippen LogP contribution is 2.25. The van der Waals surface area contributed by atoms with Gasteiger partial charge in [-0.3, -0.25) is 25.0 Å². The van der Waals surface area contributed by atoms with Gasteiger partial charge in [0.15, 0.2) is 0 Å². The fourth-order valence-electron chi connectivity index (χ4n) is 2.40. The second kappa shape index (κ2) is 6.77. The van der Waals surface area contributed by atoms with Gasteiger partial charge < -0.3 is 0 Å². The Morgan fingerprint density at radius 3 is 2.50 bits per heavy atom. The number of benzene rings is 2. The maximum atomic E-state index is 12.7. The number of anilines is 1. The summed E-state index contributed by atoms with van der Waals surface area (Å²) < 4.78 is 0. The number of barbiturate groups is 1. The van der Waals surface area contributed by atoms with E-state index < -0.39 is 22.8 Å². The molecule has 1 saturated heterocycles.